The molecule has 0 aromatic heterocycles. The van der Waals surface area contributed by atoms with Crippen LogP contribution in [-0.2, 0) is 19.3 Å². The Hall–Kier alpha value is -1.24. The Morgan fingerprint density at radius 3 is 1.10 bits per heavy atom. The Kier molecular flexibility index (Phi) is 10.5. The van der Waals surface area contributed by atoms with Crippen molar-refractivity contribution in [3.8, 4) is 0 Å². The molecule has 40 heavy (non-hydrogen) atoms. The molecular formula is C15H5F19NaO4S. The first-order chi connectivity index (χ1) is 16.8. The molecule has 0 unspecified atom stereocenters. The molecular weight excluding hydrogens is 660 g/mol. The summed E-state index contributed by atoms with van der Waals surface area (Å²) in [5, 5.41) is 0. The number of hydrogen-bond donors (Lipinski definition) is 0. The quantitative estimate of drug-likeness (QED) is 0.117. The number of hydrogen-bond acceptors (Lipinski definition) is 4. The molecule has 0 bridgehead atoms. The van der Waals surface area contributed by atoms with Gasteiger partial charge in [0, 0.05) is 29.6 Å². The van der Waals surface area contributed by atoms with Crippen molar-refractivity contribution in [3.63, 3.8) is 0 Å². The van der Waals surface area contributed by atoms with Crippen LogP contribution in [0, 0.1) is 0 Å². The zero-order valence-corrected chi connectivity index (χ0v) is 20.9. The van der Waals surface area contributed by atoms with Crippen molar-refractivity contribution >= 4 is 39.7 Å². The molecule has 1 rings (SSSR count). The SMILES string of the molecule is O=S(=O)(OOC(F)(F)C(F)(F)C(F)(F)C(F)(F)C(F)(F)C(F)(F)C(F)(F)C(F)(F)C(F)(F)F)c1ccccc1.[Na]. The molecule has 0 saturated carbocycles. The molecule has 25 heteroatoms. The summed E-state index contributed by atoms with van der Waals surface area (Å²) in [7, 11) is -5.86. The van der Waals surface area contributed by atoms with Crippen LogP contribution >= 0.6 is 0 Å². The van der Waals surface area contributed by atoms with E-state index in [4.69, 9.17) is 0 Å². The zero-order valence-electron chi connectivity index (χ0n) is 18.1. The summed E-state index contributed by atoms with van der Waals surface area (Å²) in [5.74, 6) is -61.7. The van der Waals surface area contributed by atoms with Gasteiger partial charge in [0.1, 0.15) is 0 Å². The van der Waals surface area contributed by atoms with E-state index in [1.165, 1.54) is 0 Å². The Bertz CT molecular complexity index is 1130. The van der Waals surface area contributed by atoms with Crippen LogP contribution in [0.4, 0.5) is 83.4 Å². The smallest absolute Gasteiger partial charge is 0.192 e. The topological polar surface area (TPSA) is 52.6 Å². The largest absolute Gasteiger partial charge is 0.460 e. The Morgan fingerprint density at radius 1 is 0.475 bits per heavy atom. The maximum atomic E-state index is 13.6. The fourth-order valence-electron chi connectivity index (χ4n) is 2.11. The van der Waals surface area contributed by atoms with Gasteiger partial charge in [-0.2, -0.15) is 91.8 Å². The molecule has 4 nitrogen and oxygen atoms in total. The summed E-state index contributed by atoms with van der Waals surface area (Å²) in [4.78, 5) is 0.820. The fraction of sp³-hybridized carbons (Fsp3) is 0.600. The summed E-state index contributed by atoms with van der Waals surface area (Å²) in [6.45, 7) is 0. The first-order valence-electron chi connectivity index (χ1n) is 8.58. The van der Waals surface area contributed by atoms with Crippen LogP contribution < -0.4 is 0 Å². The maximum Gasteiger partial charge on any atom is 0.460 e. The molecule has 0 aliphatic carbocycles. The summed E-state index contributed by atoms with van der Waals surface area (Å²) in [5.41, 5.74) is 0. The van der Waals surface area contributed by atoms with Gasteiger partial charge in [0.25, 0.3) is 0 Å². The molecule has 0 atom stereocenters. The first-order valence-corrected chi connectivity index (χ1v) is 9.98. The number of rotatable bonds is 11. The van der Waals surface area contributed by atoms with Crippen LogP contribution in [-0.4, -0.2) is 91.7 Å². The molecule has 229 valence electrons. The van der Waals surface area contributed by atoms with Crippen molar-refractivity contribution in [2.75, 3.05) is 0 Å². The third kappa shape index (κ3) is 5.58. The van der Waals surface area contributed by atoms with Crippen LogP contribution in [0.1, 0.15) is 0 Å². The predicted octanol–water partition coefficient (Wildman–Crippen LogP) is 6.54. The zero-order chi connectivity index (χ0) is 31.5. The summed E-state index contributed by atoms with van der Waals surface area (Å²) < 4.78 is 276. The molecule has 0 amide bonds. The molecule has 0 aliphatic heterocycles. The molecule has 1 aromatic carbocycles. The van der Waals surface area contributed by atoms with E-state index in [-0.39, 0.29) is 29.6 Å². The van der Waals surface area contributed by atoms with Crippen LogP contribution in [0.15, 0.2) is 35.2 Å². The van der Waals surface area contributed by atoms with E-state index >= 15 is 0 Å². The van der Waals surface area contributed by atoms with E-state index in [2.05, 4.69) is 9.22 Å². The van der Waals surface area contributed by atoms with E-state index in [1.54, 1.807) is 0 Å². The second kappa shape index (κ2) is 10.8. The van der Waals surface area contributed by atoms with Gasteiger partial charge in [-0.1, -0.05) is 22.5 Å². The molecule has 1 aromatic rings. The van der Waals surface area contributed by atoms with E-state index < -0.39 is 68.8 Å². The number of benzene rings is 1. The average molecular weight is 665 g/mol. The van der Waals surface area contributed by atoms with E-state index in [1.807, 2.05) is 0 Å². The molecule has 0 fully saturated rings. The van der Waals surface area contributed by atoms with Gasteiger partial charge in [0.15, 0.2) is 0 Å². The minimum absolute atomic E-state index is 0. The van der Waals surface area contributed by atoms with E-state index in [0.29, 0.717) is 12.1 Å². The van der Waals surface area contributed by atoms with Crippen molar-refractivity contribution < 1.29 is 101 Å². The second-order valence-corrected chi connectivity index (χ2v) is 8.47. The van der Waals surface area contributed by atoms with E-state index in [9.17, 15) is 91.8 Å². The number of alkyl halides is 19. The van der Waals surface area contributed by atoms with Gasteiger partial charge in [0.05, 0.1) is 4.90 Å². The molecule has 0 heterocycles. The van der Waals surface area contributed by atoms with Crippen LogP contribution in [0.5, 0.6) is 0 Å². The average Bonchev–Trinajstić information content (AvgIpc) is 2.76. The van der Waals surface area contributed by atoms with Gasteiger partial charge in [0.2, 0.25) is 0 Å². The van der Waals surface area contributed by atoms with Crippen molar-refractivity contribution in [2.45, 2.75) is 58.6 Å². The fourth-order valence-corrected chi connectivity index (χ4v) is 2.86. The summed E-state index contributed by atoms with van der Waals surface area (Å²) in [6.07, 6.45) is -15.6. The van der Waals surface area contributed by atoms with Gasteiger partial charge in [-0.15, -0.1) is 4.89 Å². The number of halogens is 19. The Morgan fingerprint density at radius 2 is 0.775 bits per heavy atom. The predicted molar refractivity (Wildman–Crippen MR) is 87.2 cm³/mol. The first kappa shape index (κ1) is 38.8. The minimum atomic E-state index is -9.11. The molecule has 0 aliphatic rings. The molecule has 0 N–H and O–H groups in total. The van der Waals surface area contributed by atoms with Gasteiger partial charge in [-0.05, 0) is 12.1 Å². The van der Waals surface area contributed by atoms with Crippen LogP contribution in [0.3, 0.4) is 0 Å². The van der Waals surface area contributed by atoms with Crippen LogP contribution in [0.25, 0.3) is 0 Å². The van der Waals surface area contributed by atoms with Gasteiger partial charge >= 0.3 is 63.9 Å². The minimum Gasteiger partial charge on any atom is -0.192 e. The maximum absolute atomic E-state index is 13.6. The van der Waals surface area contributed by atoms with Crippen molar-refractivity contribution in [1.29, 1.82) is 0 Å². The second-order valence-electron chi connectivity index (χ2n) is 6.95. The van der Waals surface area contributed by atoms with Crippen molar-refractivity contribution in [2.24, 2.45) is 0 Å². The third-order valence-electron chi connectivity index (χ3n) is 4.35. The Balaban J connectivity index is 0.0000152. The van der Waals surface area contributed by atoms with Crippen molar-refractivity contribution in [1.82, 2.24) is 0 Å². The monoisotopic (exact) mass is 665 g/mol. The van der Waals surface area contributed by atoms with Gasteiger partial charge in [-0.25, -0.2) is 0 Å². The van der Waals surface area contributed by atoms with Crippen molar-refractivity contribution in [3.05, 3.63) is 30.3 Å². The summed E-state index contributed by atoms with van der Waals surface area (Å²) >= 11 is 0. The Labute approximate surface area is 229 Å². The van der Waals surface area contributed by atoms with E-state index in [0.717, 1.165) is 18.2 Å². The van der Waals surface area contributed by atoms with Crippen LogP contribution in [0.2, 0.25) is 0 Å². The molecule has 0 spiro atoms. The molecule has 0 saturated heterocycles. The summed E-state index contributed by atoms with van der Waals surface area (Å²) in [6, 6.07) is 3.40. The molecule has 1 radical (unpaired) electrons. The van der Waals surface area contributed by atoms with Gasteiger partial charge in [-0.3, -0.25) is 0 Å². The standard InChI is InChI=1S/C15H5F19O4S.Na/c16-7(17,8(18,19)10(22,23)12(26,27)14(30,31)32)9(20,21)11(24,25)13(28,29)15(33,34)37-38-39(35,36)6-4-2-1-3-5-6;/h1-5H;. The normalized spacial score (nSPS) is 15.6. The van der Waals surface area contributed by atoms with Gasteiger partial charge < -0.3 is 0 Å². The third-order valence-corrected chi connectivity index (χ3v) is 5.44.